The second-order valence-electron chi connectivity index (χ2n) is 4.90. The van der Waals surface area contributed by atoms with Gasteiger partial charge < -0.3 is 10.5 Å². The topological polar surface area (TPSA) is 35.2 Å². The Morgan fingerprint density at radius 1 is 1.26 bits per heavy atom. The fourth-order valence-corrected chi connectivity index (χ4v) is 3.48. The van der Waals surface area contributed by atoms with Crippen molar-refractivity contribution in [3.8, 4) is 5.75 Å². The summed E-state index contributed by atoms with van der Waals surface area (Å²) < 4.78 is 5.71. The zero-order valence-electron chi connectivity index (χ0n) is 10.9. The number of rotatable bonds is 3. The molecule has 3 rings (SSSR count). The first-order valence-electron chi connectivity index (χ1n) is 6.44. The van der Waals surface area contributed by atoms with Gasteiger partial charge in [-0.25, -0.2) is 0 Å². The summed E-state index contributed by atoms with van der Waals surface area (Å²) >= 11 is 1.82. The number of aryl methyl sites for hydroxylation is 1. The van der Waals surface area contributed by atoms with Gasteiger partial charge >= 0.3 is 0 Å². The average molecular weight is 271 g/mol. The lowest BCUT2D eigenvalue weighted by Gasteiger charge is -2.10. The molecule has 1 atom stereocenters. The van der Waals surface area contributed by atoms with E-state index in [-0.39, 0.29) is 0 Å². The van der Waals surface area contributed by atoms with E-state index in [4.69, 9.17) is 10.5 Å². The molecule has 1 aliphatic rings. The molecule has 2 aromatic rings. The third kappa shape index (κ3) is 2.56. The molecular weight excluding hydrogens is 254 g/mol. The molecule has 0 amide bonds. The zero-order valence-corrected chi connectivity index (χ0v) is 11.7. The van der Waals surface area contributed by atoms with Crippen LogP contribution in [0.1, 0.15) is 17.0 Å². The standard InChI is InChI=1S/C16H17NOS/c1-11-6-7-14(17)16(8-11)19-10-12-9-18-15-5-3-2-4-13(12)15/h2-8,12H,9-10,17H2,1H3. The molecule has 0 saturated heterocycles. The van der Waals surface area contributed by atoms with Crippen molar-refractivity contribution in [2.45, 2.75) is 17.7 Å². The van der Waals surface area contributed by atoms with Crippen LogP contribution in [0.25, 0.3) is 0 Å². The van der Waals surface area contributed by atoms with Crippen LogP contribution in [0.4, 0.5) is 5.69 Å². The van der Waals surface area contributed by atoms with Crippen molar-refractivity contribution in [3.05, 3.63) is 53.6 Å². The van der Waals surface area contributed by atoms with E-state index in [9.17, 15) is 0 Å². The molecule has 1 unspecified atom stereocenters. The molecule has 0 radical (unpaired) electrons. The zero-order chi connectivity index (χ0) is 13.2. The molecule has 19 heavy (non-hydrogen) atoms. The van der Waals surface area contributed by atoms with Crippen molar-refractivity contribution in [2.75, 3.05) is 18.1 Å². The van der Waals surface area contributed by atoms with Gasteiger partial charge in [-0.05, 0) is 30.7 Å². The molecule has 0 aliphatic carbocycles. The predicted molar refractivity (Wildman–Crippen MR) is 81.0 cm³/mol. The molecule has 2 nitrogen and oxygen atoms in total. The maximum absolute atomic E-state index is 6.02. The number of hydrogen-bond donors (Lipinski definition) is 1. The fraction of sp³-hybridized carbons (Fsp3) is 0.250. The number of para-hydroxylation sites is 1. The van der Waals surface area contributed by atoms with Crippen LogP contribution in [0.5, 0.6) is 5.75 Å². The molecule has 1 heterocycles. The minimum absolute atomic E-state index is 0.459. The maximum atomic E-state index is 6.02. The van der Waals surface area contributed by atoms with E-state index in [1.165, 1.54) is 16.0 Å². The van der Waals surface area contributed by atoms with Gasteiger partial charge in [-0.1, -0.05) is 24.3 Å². The van der Waals surface area contributed by atoms with Gasteiger partial charge in [-0.3, -0.25) is 0 Å². The molecular formula is C16H17NOS. The first kappa shape index (κ1) is 12.4. The summed E-state index contributed by atoms with van der Waals surface area (Å²) in [5, 5.41) is 0. The molecule has 3 heteroatoms. The number of hydrogen-bond acceptors (Lipinski definition) is 3. The maximum Gasteiger partial charge on any atom is 0.122 e. The van der Waals surface area contributed by atoms with Crippen LogP contribution in [0.2, 0.25) is 0 Å². The Labute approximate surface area is 118 Å². The highest BCUT2D eigenvalue weighted by atomic mass is 32.2. The first-order chi connectivity index (χ1) is 9.24. The SMILES string of the molecule is Cc1ccc(N)c(SCC2COc3ccccc32)c1. The minimum Gasteiger partial charge on any atom is -0.493 e. The molecule has 2 N–H and O–H groups in total. The van der Waals surface area contributed by atoms with Gasteiger partial charge in [0, 0.05) is 27.8 Å². The lowest BCUT2D eigenvalue weighted by molar-refractivity contribution is 0.339. The largest absolute Gasteiger partial charge is 0.493 e. The van der Waals surface area contributed by atoms with Crippen molar-refractivity contribution in [2.24, 2.45) is 0 Å². The summed E-state index contributed by atoms with van der Waals surface area (Å²) in [5.41, 5.74) is 9.45. The second kappa shape index (κ2) is 5.17. The smallest absolute Gasteiger partial charge is 0.122 e. The molecule has 98 valence electrons. The summed E-state index contributed by atoms with van der Waals surface area (Å²) in [6.45, 7) is 2.87. The molecule has 0 bridgehead atoms. The van der Waals surface area contributed by atoms with Crippen LogP contribution in [0.15, 0.2) is 47.4 Å². The Morgan fingerprint density at radius 3 is 3.00 bits per heavy atom. The summed E-state index contributed by atoms with van der Waals surface area (Å²) in [5.74, 6) is 2.50. The quantitative estimate of drug-likeness (QED) is 0.680. The van der Waals surface area contributed by atoms with E-state index in [2.05, 4.69) is 25.1 Å². The first-order valence-corrected chi connectivity index (χ1v) is 7.43. The third-order valence-corrected chi connectivity index (χ3v) is 4.64. The lowest BCUT2D eigenvalue weighted by Crippen LogP contribution is -2.03. The fourth-order valence-electron chi connectivity index (χ4n) is 2.32. The molecule has 0 saturated carbocycles. The van der Waals surface area contributed by atoms with E-state index in [1.807, 2.05) is 36.0 Å². The lowest BCUT2D eigenvalue weighted by atomic mass is 10.0. The van der Waals surface area contributed by atoms with E-state index in [0.717, 1.165) is 23.8 Å². The van der Waals surface area contributed by atoms with Crippen molar-refractivity contribution < 1.29 is 4.74 Å². The summed E-state index contributed by atoms with van der Waals surface area (Å²) in [6.07, 6.45) is 0. The van der Waals surface area contributed by atoms with Gasteiger partial charge in [0.2, 0.25) is 0 Å². The second-order valence-corrected chi connectivity index (χ2v) is 5.96. The third-order valence-electron chi connectivity index (χ3n) is 3.41. The summed E-state index contributed by atoms with van der Waals surface area (Å²) in [7, 11) is 0. The van der Waals surface area contributed by atoms with Gasteiger partial charge in [0.1, 0.15) is 5.75 Å². The Balaban J connectivity index is 1.72. The average Bonchev–Trinajstić information content (AvgIpc) is 2.83. The number of benzene rings is 2. The van der Waals surface area contributed by atoms with E-state index in [0.29, 0.717) is 5.92 Å². The number of nitrogen functional groups attached to an aromatic ring is 1. The molecule has 1 aliphatic heterocycles. The summed E-state index contributed by atoms with van der Waals surface area (Å²) in [4.78, 5) is 1.17. The molecule has 0 spiro atoms. The molecule has 0 fully saturated rings. The number of thioether (sulfide) groups is 1. The van der Waals surface area contributed by atoms with Crippen LogP contribution in [-0.4, -0.2) is 12.4 Å². The van der Waals surface area contributed by atoms with Gasteiger partial charge in [0.25, 0.3) is 0 Å². The van der Waals surface area contributed by atoms with Gasteiger partial charge in [-0.15, -0.1) is 11.8 Å². The van der Waals surface area contributed by atoms with Crippen molar-refractivity contribution in [1.29, 1.82) is 0 Å². The number of ether oxygens (including phenoxy) is 1. The Morgan fingerprint density at radius 2 is 2.11 bits per heavy atom. The Hall–Kier alpha value is -1.61. The Kier molecular flexibility index (Phi) is 3.38. The van der Waals surface area contributed by atoms with Crippen molar-refractivity contribution in [3.63, 3.8) is 0 Å². The highest BCUT2D eigenvalue weighted by Crippen LogP contribution is 2.38. The molecule has 2 aromatic carbocycles. The van der Waals surface area contributed by atoms with Gasteiger partial charge in [0.15, 0.2) is 0 Å². The predicted octanol–water partition coefficient (Wildman–Crippen LogP) is 3.85. The van der Waals surface area contributed by atoms with E-state index >= 15 is 0 Å². The highest BCUT2D eigenvalue weighted by molar-refractivity contribution is 7.99. The minimum atomic E-state index is 0.459. The van der Waals surface area contributed by atoms with Crippen molar-refractivity contribution in [1.82, 2.24) is 0 Å². The highest BCUT2D eigenvalue weighted by Gasteiger charge is 2.23. The van der Waals surface area contributed by atoms with Crippen LogP contribution < -0.4 is 10.5 Å². The van der Waals surface area contributed by atoms with Crippen LogP contribution in [0.3, 0.4) is 0 Å². The molecule has 0 aromatic heterocycles. The summed E-state index contributed by atoms with van der Waals surface area (Å²) in [6, 6.07) is 14.5. The number of anilines is 1. The van der Waals surface area contributed by atoms with Gasteiger partial charge in [0.05, 0.1) is 6.61 Å². The van der Waals surface area contributed by atoms with E-state index in [1.54, 1.807) is 0 Å². The number of fused-ring (bicyclic) bond motifs is 1. The van der Waals surface area contributed by atoms with Gasteiger partial charge in [-0.2, -0.15) is 0 Å². The monoisotopic (exact) mass is 271 g/mol. The van der Waals surface area contributed by atoms with Crippen molar-refractivity contribution >= 4 is 17.4 Å². The van der Waals surface area contributed by atoms with Crippen LogP contribution in [0, 0.1) is 6.92 Å². The van der Waals surface area contributed by atoms with E-state index < -0.39 is 0 Å². The van der Waals surface area contributed by atoms with Crippen LogP contribution >= 0.6 is 11.8 Å². The number of nitrogens with two attached hydrogens (primary N) is 1. The Bertz CT molecular complexity index is 597. The normalized spacial score (nSPS) is 17.0. The van der Waals surface area contributed by atoms with Crippen LogP contribution in [-0.2, 0) is 0 Å².